The molecule has 1 aromatic heterocycles. The summed E-state index contributed by atoms with van der Waals surface area (Å²) in [5.41, 5.74) is 1.09. The summed E-state index contributed by atoms with van der Waals surface area (Å²) in [4.78, 5) is 10.8. The summed E-state index contributed by atoms with van der Waals surface area (Å²) in [5, 5.41) is 3.12. The Bertz CT molecular complexity index is 326. The highest BCUT2D eigenvalue weighted by Gasteiger charge is 2.12. The molecule has 1 fully saturated rings. The Morgan fingerprint density at radius 1 is 1.38 bits per heavy atom. The summed E-state index contributed by atoms with van der Waals surface area (Å²) in [7, 11) is 1.95. The summed E-state index contributed by atoms with van der Waals surface area (Å²) >= 11 is 0. The van der Waals surface area contributed by atoms with E-state index in [1.54, 1.807) is 6.33 Å². The van der Waals surface area contributed by atoms with Crippen molar-refractivity contribution in [2.75, 3.05) is 44.8 Å². The Labute approximate surface area is 95.8 Å². The Hall–Kier alpha value is -1.20. The van der Waals surface area contributed by atoms with Crippen LogP contribution in [0.2, 0.25) is 0 Å². The SMILES string of the molecule is CNCCc1cc(N2CCOCC2)ncn1. The normalized spacial score (nSPS) is 16.4. The van der Waals surface area contributed by atoms with Crippen molar-refractivity contribution in [1.82, 2.24) is 15.3 Å². The van der Waals surface area contributed by atoms with Crippen molar-refractivity contribution in [3.63, 3.8) is 0 Å². The quantitative estimate of drug-likeness (QED) is 0.781. The summed E-state index contributed by atoms with van der Waals surface area (Å²) in [6.07, 6.45) is 2.59. The predicted molar refractivity (Wildman–Crippen MR) is 62.7 cm³/mol. The van der Waals surface area contributed by atoms with E-state index in [1.165, 1.54) is 0 Å². The van der Waals surface area contributed by atoms with Gasteiger partial charge in [0.2, 0.25) is 0 Å². The number of aromatic nitrogens is 2. The molecule has 5 nitrogen and oxygen atoms in total. The molecular weight excluding hydrogens is 204 g/mol. The maximum absolute atomic E-state index is 5.32. The molecule has 16 heavy (non-hydrogen) atoms. The monoisotopic (exact) mass is 222 g/mol. The third kappa shape index (κ3) is 2.90. The van der Waals surface area contributed by atoms with E-state index in [4.69, 9.17) is 4.74 Å². The minimum absolute atomic E-state index is 0.788. The van der Waals surface area contributed by atoms with Crippen LogP contribution in [0.1, 0.15) is 5.69 Å². The minimum atomic E-state index is 0.788. The number of hydrogen-bond donors (Lipinski definition) is 1. The molecule has 0 atom stereocenters. The van der Waals surface area contributed by atoms with Gasteiger partial charge in [-0.25, -0.2) is 9.97 Å². The van der Waals surface area contributed by atoms with E-state index in [0.717, 1.165) is 50.8 Å². The fourth-order valence-corrected chi connectivity index (χ4v) is 1.74. The molecule has 1 N–H and O–H groups in total. The van der Waals surface area contributed by atoms with Crippen LogP contribution in [0, 0.1) is 0 Å². The Kier molecular flexibility index (Phi) is 4.07. The molecule has 0 amide bonds. The van der Waals surface area contributed by atoms with E-state index >= 15 is 0 Å². The van der Waals surface area contributed by atoms with Gasteiger partial charge in [-0.15, -0.1) is 0 Å². The molecule has 0 saturated carbocycles. The van der Waals surface area contributed by atoms with Gasteiger partial charge < -0.3 is 15.0 Å². The maximum Gasteiger partial charge on any atom is 0.132 e. The van der Waals surface area contributed by atoms with Crippen molar-refractivity contribution >= 4 is 5.82 Å². The van der Waals surface area contributed by atoms with Gasteiger partial charge in [0.15, 0.2) is 0 Å². The van der Waals surface area contributed by atoms with Crippen LogP contribution in [0.25, 0.3) is 0 Å². The summed E-state index contributed by atoms with van der Waals surface area (Å²) in [6, 6.07) is 2.07. The van der Waals surface area contributed by atoms with Crippen molar-refractivity contribution in [2.45, 2.75) is 6.42 Å². The van der Waals surface area contributed by atoms with Gasteiger partial charge >= 0.3 is 0 Å². The lowest BCUT2D eigenvalue weighted by Crippen LogP contribution is -2.36. The van der Waals surface area contributed by atoms with E-state index < -0.39 is 0 Å². The Balaban J connectivity index is 2.02. The molecular formula is C11H18N4O. The van der Waals surface area contributed by atoms with E-state index in [0.29, 0.717) is 0 Å². The molecule has 1 aliphatic rings. The van der Waals surface area contributed by atoms with Crippen LogP contribution < -0.4 is 10.2 Å². The zero-order valence-electron chi connectivity index (χ0n) is 9.65. The lowest BCUT2D eigenvalue weighted by atomic mass is 10.3. The van der Waals surface area contributed by atoms with E-state index in [2.05, 4.69) is 26.3 Å². The van der Waals surface area contributed by atoms with Crippen LogP contribution in [-0.2, 0) is 11.2 Å². The zero-order valence-corrected chi connectivity index (χ0v) is 9.65. The molecule has 0 bridgehead atoms. The molecule has 1 aliphatic heterocycles. The van der Waals surface area contributed by atoms with E-state index in [1.807, 2.05) is 7.05 Å². The fourth-order valence-electron chi connectivity index (χ4n) is 1.74. The maximum atomic E-state index is 5.32. The average Bonchev–Trinajstić information content (AvgIpc) is 2.38. The standard InChI is InChI=1S/C11H18N4O/c1-12-3-2-10-8-11(14-9-13-10)15-4-6-16-7-5-15/h8-9,12H,2-7H2,1H3. The highest BCUT2D eigenvalue weighted by molar-refractivity contribution is 5.39. The van der Waals surface area contributed by atoms with Crippen molar-refractivity contribution < 1.29 is 4.74 Å². The topological polar surface area (TPSA) is 50.3 Å². The van der Waals surface area contributed by atoms with Gasteiger partial charge in [-0.2, -0.15) is 0 Å². The molecule has 0 radical (unpaired) electrons. The van der Waals surface area contributed by atoms with Crippen LogP contribution in [0.3, 0.4) is 0 Å². The number of ether oxygens (including phenoxy) is 1. The minimum Gasteiger partial charge on any atom is -0.378 e. The van der Waals surface area contributed by atoms with Gasteiger partial charge in [-0.05, 0) is 7.05 Å². The van der Waals surface area contributed by atoms with Crippen LogP contribution in [0.4, 0.5) is 5.82 Å². The molecule has 0 aliphatic carbocycles. The average molecular weight is 222 g/mol. The van der Waals surface area contributed by atoms with Crippen LogP contribution >= 0.6 is 0 Å². The Morgan fingerprint density at radius 3 is 2.94 bits per heavy atom. The molecule has 1 saturated heterocycles. The van der Waals surface area contributed by atoms with Crippen LogP contribution in [0.5, 0.6) is 0 Å². The first kappa shape index (κ1) is 11.3. The number of nitrogens with one attached hydrogen (secondary N) is 1. The number of anilines is 1. The van der Waals surface area contributed by atoms with Crippen molar-refractivity contribution in [3.8, 4) is 0 Å². The van der Waals surface area contributed by atoms with Gasteiger partial charge in [0.25, 0.3) is 0 Å². The van der Waals surface area contributed by atoms with Gasteiger partial charge in [-0.3, -0.25) is 0 Å². The van der Waals surface area contributed by atoms with Crippen molar-refractivity contribution in [2.24, 2.45) is 0 Å². The van der Waals surface area contributed by atoms with Crippen molar-refractivity contribution in [3.05, 3.63) is 18.1 Å². The van der Waals surface area contributed by atoms with Crippen molar-refractivity contribution in [1.29, 1.82) is 0 Å². The summed E-state index contributed by atoms with van der Waals surface area (Å²) in [6.45, 7) is 4.36. The Morgan fingerprint density at radius 2 is 2.19 bits per heavy atom. The first-order valence-corrected chi connectivity index (χ1v) is 5.68. The predicted octanol–water partition coefficient (Wildman–Crippen LogP) is 0.0751. The largest absolute Gasteiger partial charge is 0.378 e. The number of nitrogens with zero attached hydrogens (tertiary/aromatic N) is 3. The van der Waals surface area contributed by atoms with Gasteiger partial charge in [-0.1, -0.05) is 0 Å². The number of morpholine rings is 1. The third-order valence-electron chi connectivity index (χ3n) is 2.68. The molecule has 1 aromatic rings. The van der Waals surface area contributed by atoms with Gasteiger partial charge in [0.05, 0.1) is 13.2 Å². The zero-order chi connectivity index (χ0) is 11.2. The molecule has 0 spiro atoms. The lowest BCUT2D eigenvalue weighted by molar-refractivity contribution is 0.122. The molecule has 2 rings (SSSR count). The lowest BCUT2D eigenvalue weighted by Gasteiger charge is -2.27. The number of hydrogen-bond acceptors (Lipinski definition) is 5. The number of rotatable bonds is 4. The van der Waals surface area contributed by atoms with Gasteiger partial charge in [0, 0.05) is 37.8 Å². The highest BCUT2D eigenvalue weighted by atomic mass is 16.5. The third-order valence-corrected chi connectivity index (χ3v) is 2.68. The second-order valence-corrected chi connectivity index (χ2v) is 3.82. The number of likely N-dealkylation sites (N-methyl/N-ethyl adjacent to an activating group) is 1. The van der Waals surface area contributed by atoms with Crippen LogP contribution in [0.15, 0.2) is 12.4 Å². The van der Waals surface area contributed by atoms with Gasteiger partial charge in [0.1, 0.15) is 12.1 Å². The fraction of sp³-hybridized carbons (Fsp3) is 0.636. The molecule has 88 valence electrons. The smallest absolute Gasteiger partial charge is 0.132 e. The molecule has 0 unspecified atom stereocenters. The molecule has 5 heteroatoms. The first-order chi connectivity index (χ1) is 7.90. The van der Waals surface area contributed by atoms with E-state index in [-0.39, 0.29) is 0 Å². The first-order valence-electron chi connectivity index (χ1n) is 5.68. The summed E-state index contributed by atoms with van der Waals surface area (Å²) in [5.74, 6) is 1.02. The summed E-state index contributed by atoms with van der Waals surface area (Å²) < 4.78 is 5.32. The highest BCUT2D eigenvalue weighted by Crippen LogP contribution is 2.12. The molecule has 2 heterocycles. The molecule has 0 aromatic carbocycles. The van der Waals surface area contributed by atoms with Crippen LogP contribution in [-0.4, -0.2) is 49.9 Å². The second-order valence-electron chi connectivity index (χ2n) is 3.82. The second kappa shape index (κ2) is 5.77. The van der Waals surface area contributed by atoms with E-state index in [9.17, 15) is 0 Å².